The van der Waals surface area contributed by atoms with Crippen LogP contribution >= 0.6 is 11.6 Å². The molecule has 1 fully saturated rings. The third kappa shape index (κ3) is 5.69. The monoisotopic (exact) mass is 354 g/mol. The summed E-state index contributed by atoms with van der Waals surface area (Å²) in [7, 11) is 1.75. The van der Waals surface area contributed by atoms with E-state index in [4.69, 9.17) is 21.4 Å². The number of hydrogen-bond acceptors (Lipinski definition) is 4. The van der Waals surface area contributed by atoms with Gasteiger partial charge in [-0.1, -0.05) is 11.6 Å². The summed E-state index contributed by atoms with van der Waals surface area (Å²) < 4.78 is 5.58. The molecule has 1 N–H and O–H groups in total. The van der Waals surface area contributed by atoms with Gasteiger partial charge in [-0.3, -0.25) is 14.5 Å². The Hall–Kier alpha value is -1.79. The molecule has 1 aliphatic heterocycles. The lowest BCUT2D eigenvalue weighted by molar-refractivity contribution is -0.143. The van der Waals surface area contributed by atoms with Crippen molar-refractivity contribution in [3.05, 3.63) is 29.3 Å². The number of nitrogens with zero attached hydrogens (tertiary/aromatic N) is 2. The molecule has 1 aromatic carbocycles. The number of benzene rings is 1. The van der Waals surface area contributed by atoms with Crippen LogP contribution in [-0.4, -0.2) is 66.6 Å². The van der Waals surface area contributed by atoms with Gasteiger partial charge < -0.3 is 14.7 Å². The Morgan fingerprint density at radius 1 is 1.29 bits per heavy atom. The van der Waals surface area contributed by atoms with Gasteiger partial charge >= 0.3 is 5.97 Å². The Labute approximate surface area is 146 Å². The smallest absolute Gasteiger partial charge is 0.306 e. The van der Waals surface area contributed by atoms with E-state index in [2.05, 4.69) is 0 Å². The van der Waals surface area contributed by atoms with Crippen LogP contribution in [0.15, 0.2) is 24.3 Å². The molecule has 1 saturated heterocycles. The Bertz CT molecular complexity index is 556. The average molecular weight is 355 g/mol. The summed E-state index contributed by atoms with van der Waals surface area (Å²) in [5.41, 5.74) is 0. The maximum absolute atomic E-state index is 12.2. The van der Waals surface area contributed by atoms with Crippen LogP contribution in [0.2, 0.25) is 5.02 Å². The lowest BCUT2D eigenvalue weighted by atomic mass is 9.97. The van der Waals surface area contributed by atoms with Crippen LogP contribution in [0.25, 0.3) is 0 Å². The van der Waals surface area contributed by atoms with Crippen molar-refractivity contribution in [2.75, 3.05) is 39.8 Å². The van der Waals surface area contributed by atoms with Gasteiger partial charge in [-0.2, -0.15) is 0 Å². The van der Waals surface area contributed by atoms with Crippen molar-refractivity contribution < 1.29 is 19.4 Å². The number of carboxylic acids is 1. The van der Waals surface area contributed by atoms with Crippen molar-refractivity contribution in [2.45, 2.75) is 12.8 Å². The molecule has 0 spiro atoms. The number of amides is 1. The lowest BCUT2D eigenvalue weighted by Crippen LogP contribution is -2.44. The molecule has 0 bridgehead atoms. The third-order valence-electron chi connectivity index (χ3n) is 4.23. The zero-order valence-corrected chi connectivity index (χ0v) is 14.5. The molecule has 24 heavy (non-hydrogen) atoms. The summed E-state index contributed by atoms with van der Waals surface area (Å²) in [5.74, 6) is -0.279. The van der Waals surface area contributed by atoms with Crippen molar-refractivity contribution in [2.24, 2.45) is 5.92 Å². The van der Waals surface area contributed by atoms with Gasteiger partial charge in [0.15, 0.2) is 0 Å². The standard InChI is InChI=1S/C17H23ClN2O4/c1-19(10-11-24-15-4-2-14(18)3-5-15)16(21)12-20-8-6-13(7-9-20)17(22)23/h2-5,13H,6-12H2,1H3,(H,22,23). The summed E-state index contributed by atoms with van der Waals surface area (Å²) >= 11 is 5.81. The highest BCUT2D eigenvalue weighted by atomic mass is 35.5. The fraction of sp³-hybridized carbons (Fsp3) is 0.529. The quantitative estimate of drug-likeness (QED) is 0.810. The topological polar surface area (TPSA) is 70.1 Å². The molecule has 1 aliphatic rings. The van der Waals surface area contributed by atoms with Crippen LogP contribution < -0.4 is 4.74 Å². The highest BCUT2D eigenvalue weighted by Gasteiger charge is 2.25. The molecule has 132 valence electrons. The van der Waals surface area contributed by atoms with Crippen LogP contribution in [0.5, 0.6) is 5.75 Å². The number of rotatable bonds is 7. The van der Waals surface area contributed by atoms with E-state index in [1.54, 1.807) is 36.2 Å². The minimum atomic E-state index is -0.738. The molecular formula is C17H23ClN2O4. The second-order valence-corrected chi connectivity index (χ2v) is 6.44. The van der Waals surface area contributed by atoms with Crippen LogP contribution in [0.1, 0.15) is 12.8 Å². The third-order valence-corrected chi connectivity index (χ3v) is 4.48. The van der Waals surface area contributed by atoms with Crippen molar-refractivity contribution in [3.8, 4) is 5.75 Å². The number of carbonyl (C=O) groups excluding carboxylic acids is 1. The molecule has 0 aliphatic carbocycles. The predicted octanol–water partition coefficient (Wildman–Crippen LogP) is 1.97. The van der Waals surface area contributed by atoms with E-state index in [0.29, 0.717) is 50.7 Å². The number of carbonyl (C=O) groups is 2. The highest BCUT2D eigenvalue weighted by molar-refractivity contribution is 6.30. The fourth-order valence-corrected chi connectivity index (χ4v) is 2.73. The van der Waals surface area contributed by atoms with Crippen LogP contribution in [0.4, 0.5) is 0 Å². The van der Waals surface area contributed by atoms with Gasteiger partial charge in [0.2, 0.25) is 5.91 Å². The van der Waals surface area contributed by atoms with Crippen molar-refractivity contribution in [3.63, 3.8) is 0 Å². The molecule has 1 aromatic rings. The summed E-state index contributed by atoms with van der Waals surface area (Å²) in [6.07, 6.45) is 1.21. The Kier molecular flexibility index (Phi) is 6.87. The summed E-state index contributed by atoms with van der Waals surface area (Å²) in [4.78, 5) is 26.8. The second kappa shape index (κ2) is 8.89. The Morgan fingerprint density at radius 3 is 2.50 bits per heavy atom. The van der Waals surface area contributed by atoms with Gasteiger partial charge in [0.25, 0.3) is 0 Å². The van der Waals surface area contributed by atoms with E-state index in [0.717, 1.165) is 5.75 Å². The maximum Gasteiger partial charge on any atom is 0.306 e. The van der Waals surface area contributed by atoms with Gasteiger partial charge in [0.05, 0.1) is 19.0 Å². The Morgan fingerprint density at radius 2 is 1.92 bits per heavy atom. The van der Waals surface area contributed by atoms with Gasteiger partial charge in [0.1, 0.15) is 12.4 Å². The number of ether oxygens (including phenoxy) is 1. The largest absolute Gasteiger partial charge is 0.492 e. The minimum Gasteiger partial charge on any atom is -0.492 e. The average Bonchev–Trinajstić information content (AvgIpc) is 2.57. The van der Waals surface area contributed by atoms with Gasteiger partial charge in [-0.25, -0.2) is 0 Å². The van der Waals surface area contributed by atoms with E-state index in [9.17, 15) is 9.59 Å². The molecule has 7 heteroatoms. The maximum atomic E-state index is 12.2. The number of hydrogen-bond donors (Lipinski definition) is 1. The van der Waals surface area contributed by atoms with E-state index in [1.807, 2.05) is 4.90 Å². The van der Waals surface area contributed by atoms with Gasteiger partial charge in [0, 0.05) is 12.1 Å². The van der Waals surface area contributed by atoms with E-state index < -0.39 is 5.97 Å². The van der Waals surface area contributed by atoms with Gasteiger partial charge in [-0.05, 0) is 50.2 Å². The first-order chi connectivity index (χ1) is 11.5. The van der Waals surface area contributed by atoms with Crippen LogP contribution in [-0.2, 0) is 9.59 Å². The molecule has 0 aromatic heterocycles. The number of piperidine rings is 1. The molecular weight excluding hydrogens is 332 g/mol. The molecule has 0 unspecified atom stereocenters. The molecule has 0 saturated carbocycles. The predicted molar refractivity (Wildman–Crippen MR) is 91.4 cm³/mol. The summed E-state index contributed by atoms with van der Waals surface area (Å²) in [6.45, 7) is 2.53. The zero-order valence-electron chi connectivity index (χ0n) is 13.8. The first-order valence-corrected chi connectivity index (χ1v) is 8.41. The van der Waals surface area contributed by atoms with E-state index in [1.165, 1.54) is 0 Å². The second-order valence-electron chi connectivity index (χ2n) is 6.01. The Balaban J connectivity index is 1.67. The van der Waals surface area contributed by atoms with Crippen molar-refractivity contribution in [1.82, 2.24) is 9.80 Å². The summed E-state index contributed by atoms with van der Waals surface area (Å²) in [5, 5.41) is 9.64. The van der Waals surface area contributed by atoms with Crippen molar-refractivity contribution in [1.29, 1.82) is 0 Å². The van der Waals surface area contributed by atoms with Crippen LogP contribution in [0, 0.1) is 5.92 Å². The highest BCUT2D eigenvalue weighted by Crippen LogP contribution is 2.17. The van der Waals surface area contributed by atoms with E-state index >= 15 is 0 Å². The SMILES string of the molecule is CN(CCOc1ccc(Cl)cc1)C(=O)CN1CCC(C(=O)O)CC1. The normalized spacial score (nSPS) is 15.9. The molecule has 2 rings (SSSR count). The van der Waals surface area contributed by atoms with Gasteiger partial charge in [-0.15, -0.1) is 0 Å². The molecule has 0 atom stereocenters. The zero-order chi connectivity index (χ0) is 17.5. The molecule has 0 radical (unpaired) electrons. The van der Waals surface area contributed by atoms with Crippen LogP contribution in [0.3, 0.4) is 0 Å². The molecule has 1 heterocycles. The number of aliphatic carboxylic acids is 1. The van der Waals surface area contributed by atoms with Crippen molar-refractivity contribution >= 4 is 23.5 Å². The minimum absolute atomic E-state index is 0.0171. The molecule has 1 amide bonds. The number of carboxylic acid groups (broad SMARTS) is 1. The number of halogens is 1. The summed E-state index contributed by atoms with van der Waals surface area (Å²) in [6, 6.07) is 7.09. The first-order valence-electron chi connectivity index (χ1n) is 8.03. The number of likely N-dealkylation sites (N-methyl/N-ethyl adjacent to an activating group) is 1. The molecule has 6 nitrogen and oxygen atoms in total. The first kappa shape index (κ1) is 18.5. The number of likely N-dealkylation sites (tertiary alicyclic amines) is 1. The lowest BCUT2D eigenvalue weighted by Gasteiger charge is -2.30. The fourth-order valence-electron chi connectivity index (χ4n) is 2.61. The van der Waals surface area contributed by atoms with E-state index in [-0.39, 0.29) is 11.8 Å².